The third kappa shape index (κ3) is 4.51. The molecular formula is C25H28N4O. The van der Waals surface area contributed by atoms with Crippen LogP contribution >= 0.6 is 0 Å². The highest BCUT2D eigenvalue weighted by molar-refractivity contribution is 5.93. The van der Waals surface area contributed by atoms with Gasteiger partial charge in [0.15, 0.2) is 5.82 Å². The molecular weight excluding hydrogens is 372 g/mol. The molecule has 0 aliphatic carbocycles. The van der Waals surface area contributed by atoms with E-state index in [1.165, 1.54) is 11.1 Å². The Hall–Kier alpha value is -3.21. The molecule has 1 unspecified atom stereocenters. The van der Waals surface area contributed by atoms with Gasteiger partial charge in [-0.3, -0.25) is 4.79 Å². The summed E-state index contributed by atoms with van der Waals surface area (Å²) >= 11 is 0. The van der Waals surface area contributed by atoms with Crippen LogP contribution in [-0.2, 0) is 4.79 Å². The van der Waals surface area contributed by atoms with Crippen molar-refractivity contribution in [3.05, 3.63) is 71.3 Å². The van der Waals surface area contributed by atoms with E-state index in [4.69, 9.17) is 0 Å². The molecule has 1 aliphatic heterocycles. The molecule has 2 heterocycles. The number of aryl methyl sites for hydroxylation is 3. The fraction of sp³-hybridized carbons (Fsp3) is 0.320. The third-order valence-corrected chi connectivity index (χ3v) is 5.75. The molecule has 1 aliphatic rings. The molecule has 0 radical (unpaired) electrons. The van der Waals surface area contributed by atoms with Crippen molar-refractivity contribution >= 4 is 17.4 Å². The van der Waals surface area contributed by atoms with Gasteiger partial charge in [-0.15, -0.1) is 10.2 Å². The standard InChI is InChI=1S/C25H28N4O/c1-17-6-9-20(10-7-17)23-12-13-24(28-27-23)29-14-4-5-21(16-29)25(30)26-22-11-8-18(2)15-19(22)3/h6-13,15,21H,4-5,14,16H2,1-3H3,(H,26,30). The molecule has 1 aromatic heterocycles. The fourth-order valence-electron chi connectivity index (χ4n) is 3.96. The lowest BCUT2D eigenvalue weighted by atomic mass is 9.96. The summed E-state index contributed by atoms with van der Waals surface area (Å²) in [5.74, 6) is 0.851. The van der Waals surface area contributed by atoms with Gasteiger partial charge in [0.05, 0.1) is 11.6 Å². The molecule has 5 heteroatoms. The number of nitrogens with zero attached hydrogens (tertiary/aromatic N) is 3. The summed E-state index contributed by atoms with van der Waals surface area (Å²) in [5, 5.41) is 12.0. The molecule has 3 aromatic rings. The van der Waals surface area contributed by atoms with Crippen LogP contribution in [0, 0.1) is 26.7 Å². The minimum atomic E-state index is -0.0574. The summed E-state index contributed by atoms with van der Waals surface area (Å²) < 4.78 is 0. The largest absolute Gasteiger partial charge is 0.354 e. The zero-order valence-corrected chi connectivity index (χ0v) is 17.9. The maximum Gasteiger partial charge on any atom is 0.229 e. The monoisotopic (exact) mass is 400 g/mol. The zero-order chi connectivity index (χ0) is 21.1. The maximum absolute atomic E-state index is 12.9. The molecule has 0 bridgehead atoms. The molecule has 1 amide bonds. The van der Waals surface area contributed by atoms with Crippen LogP contribution < -0.4 is 10.2 Å². The van der Waals surface area contributed by atoms with Crippen LogP contribution in [0.1, 0.15) is 29.5 Å². The van der Waals surface area contributed by atoms with Crippen LogP contribution in [0.15, 0.2) is 54.6 Å². The topological polar surface area (TPSA) is 58.1 Å². The molecule has 1 saturated heterocycles. The van der Waals surface area contributed by atoms with Crippen molar-refractivity contribution in [3.8, 4) is 11.3 Å². The van der Waals surface area contributed by atoms with Crippen LogP contribution in [-0.4, -0.2) is 29.2 Å². The molecule has 30 heavy (non-hydrogen) atoms. The van der Waals surface area contributed by atoms with Crippen LogP contribution in [0.4, 0.5) is 11.5 Å². The van der Waals surface area contributed by atoms with E-state index >= 15 is 0 Å². The Morgan fingerprint density at radius 2 is 1.73 bits per heavy atom. The molecule has 0 saturated carbocycles. The second-order valence-corrected chi connectivity index (χ2v) is 8.24. The molecule has 1 atom stereocenters. The number of aromatic nitrogens is 2. The zero-order valence-electron chi connectivity index (χ0n) is 17.9. The molecule has 5 nitrogen and oxygen atoms in total. The Morgan fingerprint density at radius 3 is 2.43 bits per heavy atom. The van der Waals surface area contributed by atoms with Crippen molar-refractivity contribution in [3.63, 3.8) is 0 Å². The Bertz CT molecular complexity index is 1030. The second-order valence-electron chi connectivity index (χ2n) is 8.24. The SMILES string of the molecule is Cc1ccc(-c2ccc(N3CCCC(C(=O)Nc4ccc(C)cc4C)C3)nn2)cc1. The van der Waals surface area contributed by atoms with Crippen molar-refractivity contribution in [2.75, 3.05) is 23.3 Å². The molecule has 0 spiro atoms. The van der Waals surface area contributed by atoms with E-state index in [-0.39, 0.29) is 11.8 Å². The van der Waals surface area contributed by atoms with Gasteiger partial charge in [-0.2, -0.15) is 0 Å². The maximum atomic E-state index is 12.9. The first-order chi connectivity index (χ1) is 14.5. The number of hydrogen-bond acceptors (Lipinski definition) is 4. The van der Waals surface area contributed by atoms with Crippen molar-refractivity contribution in [1.29, 1.82) is 0 Å². The summed E-state index contributed by atoms with van der Waals surface area (Å²) in [6.45, 7) is 7.71. The van der Waals surface area contributed by atoms with Crippen LogP contribution in [0.3, 0.4) is 0 Å². The van der Waals surface area contributed by atoms with Gasteiger partial charge in [0.1, 0.15) is 0 Å². The van der Waals surface area contributed by atoms with E-state index < -0.39 is 0 Å². The fourth-order valence-corrected chi connectivity index (χ4v) is 3.96. The normalized spacial score (nSPS) is 16.4. The summed E-state index contributed by atoms with van der Waals surface area (Å²) in [7, 11) is 0. The molecule has 4 rings (SSSR count). The van der Waals surface area contributed by atoms with E-state index in [2.05, 4.69) is 64.6 Å². The highest BCUT2D eigenvalue weighted by atomic mass is 16.1. The van der Waals surface area contributed by atoms with Crippen LogP contribution in [0.2, 0.25) is 0 Å². The minimum absolute atomic E-state index is 0.0574. The van der Waals surface area contributed by atoms with E-state index in [9.17, 15) is 4.79 Å². The Morgan fingerprint density at radius 1 is 0.967 bits per heavy atom. The number of carbonyl (C=O) groups is 1. The van der Waals surface area contributed by atoms with Gasteiger partial charge < -0.3 is 10.2 Å². The molecule has 154 valence electrons. The first kappa shape index (κ1) is 20.1. The van der Waals surface area contributed by atoms with Gasteiger partial charge in [0.25, 0.3) is 0 Å². The Kier molecular flexibility index (Phi) is 5.79. The van der Waals surface area contributed by atoms with E-state index in [1.54, 1.807) is 0 Å². The second kappa shape index (κ2) is 8.66. The molecule has 1 fully saturated rings. The van der Waals surface area contributed by atoms with Gasteiger partial charge in [-0.1, -0.05) is 47.5 Å². The number of rotatable bonds is 4. The van der Waals surface area contributed by atoms with Crippen molar-refractivity contribution < 1.29 is 4.79 Å². The van der Waals surface area contributed by atoms with Gasteiger partial charge >= 0.3 is 0 Å². The average molecular weight is 401 g/mol. The summed E-state index contributed by atoms with van der Waals surface area (Å²) in [6, 6.07) is 18.4. The number of piperidine rings is 1. The van der Waals surface area contributed by atoms with Crippen LogP contribution in [0.25, 0.3) is 11.3 Å². The van der Waals surface area contributed by atoms with Gasteiger partial charge in [-0.25, -0.2) is 0 Å². The average Bonchev–Trinajstić information content (AvgIpc) is 2.76. The van der Waals surface area contributed by atoms with Crippen molar-refractivity contribution in [1.82, 2.24) is 10.2 Å². The van der Waals surface area contributed by atoms with Crippen molar-refractivity contribution in [2.45, 2.75) is 33.6 Å². The first-order valence-electron chi connectivity index (χ1n) is 10.5. The van der Waals surface area contributed by atoms with Crippen molar-refractivity contribution in [2.24, 2.45) is 5.92 Å². The lowest BCUT2D eigenvalue weighted by Crippen LogP contribution is -2.41. The lowest BCUT2D eigenvalue weighted by molar-refractivity contribution is -0.120. The van der Waals surface area contributed by atoms with E-state index in [0.717, 1.165) is 47.7 Å². The summed E-state index contributed by atoms with van der Waals surface area (Å²) in [5.41, 5.74) is 6.33. The highest BCUT2D eigenvalue weighted by Crippen LogP contribution is 2.25. The smallest absolute Gasteiger partial charge is 0.229 e. The van der Waals surface area contributed by atoms with E-state index in [1.807, 2.05) is 31.2 Å². The highest BCUT2D eigenvalue weighted by Gasteiger charge is 2.27. The van der Waals surface area contributed by atoms with Crippen LogP contribution in [0.5, 0.6) is 0 Å². The predicted octanol–water partition coefficient (Wildman–Crippen LogP) is 4.92. The van der Waals surface area contributed by atoms with Gasteiger partial charge in [-0.05, 0) is 57.4 Å². The quantitative estimate of drug-likeness (QED) is 0.675. The Labute approximate surface area is 178 Å². The number of nitrogens with one attached hydrogen (secondary N) is 1. The number of amides is 1. The number of hydrogen-bond donors (Lipinski definition) is 1. The third-order valence-electron chi connectivity index (χ3n) is 5.75. The summed E-state index contributed by atoms with van der Waals surface area (Å²) in [4.78, 5) is 15.0. The number of carbonyl (C=O) groups excluding carboxylic acids is 1. The minimum Gasteiger partial charge on any atom is -0.354 e. The number of anilines is 2. The molecule has 2 aromatic carbocycles. The van der Waals surface area contributed by atoms with Gasteiger partial charge in [0, 0.05) is 24.3 Å². The lowest BCUT2D eigenvalue weighted by Gasteiger charge is -2.32. The molecule has 1 N–H and O–H groups in total. The summed E-state index contributed by atoms with van der Waals surface area (Å²) in [6.07, 6.45) is 1.86. The van der Waals surface area contributed by atoms with E-state index in [0.29, 0.717) is 6.54 Å². The number of benzene rings is 2. The van der Waals surface area contributed by atoms with Gasteiger partial charge in [0.2, 0.25) is 5.91 Å². The first-order valence-corrected chi connectivity index (χ1v) is 10.5. The Balaban J connectivity index is 1.43. The predicted molar refractivity (Wildman–Crippen MR) is 122 cm³/mol.